The van der Waals surface area contributed by atoms with Crippen LogP contribution in [-0.4, -0.2) is 13.1 Å². The third-order valence-corrected chi connectivity index (χ3v) is 3.65. The molecule has 3 heteroatoms. The summed E-state index contributed by atoms with van der Waals surface area (Å²) in [5.74, 6) is -0.361. The molecule has 1 unspecified atom stereocenters. The molecule has 120 valence electrons. The van der Waals surface area contributed by atoms with Gasteiger partial charge in [0.25, 0.3) is 0 Å². The fourth-order valence-corrected chi connectivity index (χ4v) is 2.34. The molecular weight excluding hydrogens is 288 g/mol. The van der Waals surface area contributed by atoms with Gasteiger partial charge in [0.2, 0.25) is 0 Å². The number of ether oxygens (including phenoxy) is 2. The molecule has 0 amide bonds. The van der Waals surface area contributed by atoms with Gasteiger partial charge in [-0.1, -0.05) is 67.2 Å². The van der Waals surface area contributed by atoms with Crippen LogP contribution in [0, 0.1) is 0 Å². The Morgan fingerprint density at radius 3 is 2.26 bits per heavy atom. The lowest BCUT2D eigenvalue weighted by atomic mass is 10.0. The molecule has 3 nitrogen and oxygen atoms in total. The molecule has 1 atom stereocenters. The fraction of sp³-hybridized carbons (Fsp3) is 0.250. The molecule has 2 aromatic carbocycles. The largest absolute Gasteiger partial charge is 0.466 e. The van der Waals surface area contributed by atoms with Gasteiger partial charge in [-0.15, -0.1) is 0 Å². The smallest absolute Gasteiger partial charge is 0.333 e. The highest BCUT2D eigenvalue weighted by atomic mass is 16.5. The van der Waals surface area contributed by atoms with Crippen molar-refractivity contribution in [3.05, 3.63) is 83.9 Å². The van der Waals surface area contributed by atoms with Crippen LogP contribution in [0.3, 0.4) is 0 Å². The number of carbonyl (C=O) groups is 1. The third-order valence-electron chi connectivity index (χ3n) is 3.65. The quantitative estimate of drug-likeness (QED) is 0.533. The van der Waals surface area contributed by atoms with Crippen molar-refractivity contribution in [1.82, 2.24) is 0 Å². The third kappa shape index (κ3) is 5.38. The van der Waals surface area contributed by atoms with Gasteiger partial charge in [-0.2, -0.15) is 0 Å². The number of rotatable bonds is 8. The fourth-order valence-electron chi connectivity index (χ4n) is 2.34. The Bertz CT molecular complexity index is 620. The highest BCUT2D eigenvalue weighted by Gasteiger charge is 2.15. The van der Waals surface area contributed by atoms with Crippen molar-refractivity contribution in [1.29, 1.82) is 0 Å². The van der Waals surface area contributed by atoms with Crippen LogP contribution in [0.1, 0.15) is 30.1 Å². The molecule has 0 N–H and O–H groups in total. The summed E-state index contributed by atoms with van der Waals surface area (Å²) < 4.78 is 10.8. The van der Waals surface area contributed by atoms with Gasteiger partial charge in [0, 0.05) is 5.57 Å². The van der Waals surface area contributed by atoms with E-state index in [0.717, 1.165) is 11.1 Å². The first kappa shape index (κ1) is 17.0. The molecule has 2 aromatic rings. The molecule has 0 heterocycles. The lowest BCUT2D eigenvalue weighted by Crippen LogP contribution is -2.09. The van der Waals surface area contributed by atoms with Crippen LogP contribution in [0.5, 0.6) is 0 Å². The van der Waals surface area contributed by atoms with E-state index in [2.05, 4.69) is 6.58 Å². The van der Waals surface area contributed by atoms with Crippen molar-refractivity contribution in [2.75, 3.05) is 7.11 Å². The summed E-state index contributed by atoms with van der Waals surface area (Å²) in [5.41, 5.74) is 2.69. The van der Waals surface area contributed by atoms with Crippen LogP contribution >= 0.6 is 0 Å². The lowest BCUT2D eigenvalue weighted by molar-refractivity contribution is -0.136. The molecule has 0 aliphatic heterocycles. The van der Waals surface area contributed by atoms with Crippen LogP contribution in [0.2, 0.25) is 0 Å². The van der Waals surface area contributed by atoms with Crippen molar-refractivity contribution in [2.24, 2.45) is 0 Å². The lowest BCUT2D eigenvalue weighted by Gasteiger charge is -2.19. The first-order chi connectivity index (χ1) is 11.2. The highest BCUT2D eigenvalue weighted by molar-refractivity contribution is 5.87. The van der Waals surface area contributed by atoms with Crippen molar-refractivity contribution in [3.8, 4) is 0 Å². The van der Waals surface area contributed by atoms with Crippen molar-refractivity contribution in [2.45, 2.75) is 25.6 Å². The molecule has 0 aromatic heterocycles. The summed E-state index contributed by atoms with van der Waals surface area (Å²) in [4.78, 5) is 11.5. The van der Waals surface area contributed by atoms with Crippen LogP contribution in [0.15, 0.2) is 72.8 Å². The zero-order chi connectivity index (χ0) is 16.5. The molecule has 23 heavy (non-hydrogen) atoms. The average molecular weight is 310 g/mol. The van der Waals surface area contributed by atoms with Gasteiger partial charge in [0.05, 0.1) is 19.8 Å². The first-order valence-corrected chi connectivity index (χ1v) is 7.67. The minimum absolute atomic E-state index is 0.0854. The molecular formula is C20H22O3. The molecule has 0 saturated carbocycles. The first-order valence-electron chi connectivity index (χ1n) is 7.67. The number of benzene rings is 2. The van der Waals surface area contributed by atoms with E-state index in [0.29, 0.717) is 25.0 Å². The van der Waals surface area contributed by atoms with E-state index < -0.39 is 0 Å². The van der Waals surface area contributed by atoms with Gasteiger partial charge in [0.1, 0.15) is 0 Å². The normalized spacial score (nSPS) is 11.7. The molecule has 0 aliphatic rings. The summed E-state index contributed by atoms with van der Waals surface area (Å²) in [6.45, 7) is 4.31. The van der Waals surface area contributed by atoms with Gasteiger partial charge in [-0.3, -0.25) is 0 Å². The van der Waals surface area contributed by atoms with Gasteiger partial charge >= 0.3 is 5.97 Å². The second-order valence-corrected chi connectivity index (χ2v) is 5.33. The summed E-state index contributed by atoms with van der Waals surface area (Å²) in [6.07, 6.45) is 1.14. The molecule has 0 bridgehead atoms. The van der Waals surface area contributed by atoms with Crippen LogP contribution in [-0.2, 0) is 20.9 Å². The minimum atomic E-state index is -0.361. The van der Waals surface area contributed by atoms with Crippen LogP contribution < -0.4 is 0 Å². The molecule has 2 rings (SSSR count). The van der Waals surface area contributed by atoms with Crippen molar-refractivity contribution in [3.63, 3.8) is 0 Å². The monoisotopic (exact) mass is 310 g/mol. The minimum Gasteiger partial charge on any atom is -0.466 e. The topological polar surface area (TPSA) is 35.5 Å². The number of methoxy groups -OCH3 is 1. The van der Waals surface area contributed by atoms with E-state index in [1.54, 1.807) is 0 Å². The highest BCUT2D eigenvalue weighted by Crippen LogP contribution is 2.26. The Morgan fingerprint density at radius 1 is 1.04 bits per heavy atom. The SMILES string of the molecule is C=C(CCC(OCc1ccccc1)c1ccccc1)C(=O)OC. The zero-order valence-corrected chi connectivity index (χ0v) is 13.4. The number of hydrogen-bond acceptors (Lipinski definition) is 3. The van der Waals surface area contributed by atoms with Crippen LogP contribution in [0.4, 0.5) is 0 Å². The van der Waals surface area contributed by atoms with E-state index in [9.17, 15) is 4.79 Å². The maximum Gasteiger partial charge on any atom is 0.333 e. The predicted octanol–water partition coefficient (Wildman–Crippen LogP) is 4.45. The van der Waals surface area contributed by atoms with Crippen molar-refractivity contribution >= 4 is 5.97 Å². The van der Waals surface area contributed by atoms with Gasteiger partial charge < -0.3 is 9.47 Å². The maximum absolute atomic E-state index is 11.5. The number of carbonyl (C=O) groups excluding carboxylic acids is 1. The molecule has 0 aliphatic carbocycles. The van der Waals surface area contributed by atoms with Crippen molar-refractivity contribution < 1.29 is 14.3 Å². The molecule has 0 radical (unpaired) electrons. The Hall–Kier alpha value is -2.39. The Morgan fingerprint density at radius 2 is 1.65 bits per heavy atom. The van der Waals surface area contributed by atoms with Gasteiger partial charge in [-0.05, 0) is 24.0 Å². The second-order valence-electron chi connectivity index (χ2n) is 5.33. The van der Waals surface area contributed by atoms with E-state index in [1.165, 1.54) is 7.11 Å². The van der Waals surface area contributed by atoms with E-state index >= 15 is 0 Å². The average Bonchev–Trinajstić information content (AvgIpc) is 2.62. The maximum atomic E-state index is 11.5. The summed E-state index contributed by atoms with van der Waals surface area (Å²) in [6, 6.07) is 20.1. The summed E-state index contributed by atoms with van der Waals surface area (Å²) in [5, 5.41) is 0. The zero-order valence-electron chi connectivity index (χ0n) is 13.4. The second kappa shape index (κ2) is 8.91. The Labute approximate surface area is 137 Å². The van der Waals surface area contributed by atoms with Gasteiger partial charge in [-0.25, -0.2) is 4.79 Å². The van der Waals surface area contributed by atoms with E-state index in [-0.39, 0.29) is 12.1 Å². The molecule has 0 saturated heterocycles. The number of esters is 1. The Balaban J connectivity index is 2.00. The van der Waals surface area contributed by atoms with E-state index in [1.807, 2.05) is 60.7 Å². The summed E-state index contributed by atoms with van der Waals surface area (Å²) >= 11 is 0. The van der Waals surface area contributed by atoms with Gasteiger partial charge in [0.15, 0.2) is 0 Å². The predicted molar refractivity (Wildman–Crippen MR) is 90.8 cm³/mol. The molecule has 0 spiro atoms. The summed E-state index contributed by atoms with van der Waals surface area (Å²) in [7, 11) is 1.37. The molecule has 0 fully saturated rings. The van der Waals surface area contributed by atoms with E-state index in [4.69, 9.17) is 9.47 Å². The van der Waals surface area contributed by atoms with Crippen LogP contribution in [0.25, 0.3) is 0 Å². The number of hydrogen-bond donors (Lipinski definition) is 0. The standard InChI is InChI=1S/C20H22O3/c1-16(20(21)22-2)13-14-19(18-11-7-4-8-12-18)23-15-17-9-5-3-6-10-17/h3-12,19H,1,13-15H2,2H3. The Kier molecular flexibility index (Phi) is 6.57.